The van der Waals surface area contributed by atoms with E-state index in [9.17, 15) is 24.3 Å². The quantitative estimate of drug-likeness (QED) is 0.288. The number of alkyl carbamates (subject to hydrolysis) is 1. The lowest BCUT2D eigenvalue weighted by Crippen LogP contribution is -2.54. The Morgan fingerprint density at radius 2 is 1.62 bits per heavy atom. The van der Waals surface area contributed by atoms with Crippen LogP contribution in [-0.4, -0.2) is 53.2 Å². The third-order valence-electron chi connectivity index (χ3n) is 4.88. The Balaban J connectivity index is 2.92. The lowest BCUT2D eigenvalue weighted by Gasteiger charge is -2.27. The van der Waals surface area contributed by atoms with Crippen molar-refractivity contribution in [1.29, 1.82) is 0 Å². The second kappa shape index (κ2) is 13.5. The van der Waals surface area contributed by atoms with E-state index in [-0.39, 0.29) is 37.7 Å². The molecule has 1 aromatic rings. The van der Waals surface area contributed by atoms with Crippen LogP contribution in [0.25, 0.3) is 0 Å². The predicted molar refractivity (Wildman–Crippen MR) is 128 cm³/mol. The van der Waals surface area contributed by atoms with Crippen molar-refractivity contribution in [3.63, 3.8) is 0 Å². The van der Waals surface area contributed by atoms with Gasteiger partial charge in [0, 0.05) is 13.0 Å². The van der Waals surface area contributed by atoms with Gasteiger partial charge in [0.05, 0.1) is 12.6 Å². The molecule has 0 aromatic heterocycles. The monoisotopic (exact) mass is 478 g/mol. The van der Waals surface area contributed by atoms with E-state index in [0.717, 1.165) is 11.1 Å². The molecule has 0 spiro atoms. The van der Waals surface area contributed by atoms with E-state index < -0.39 is 35.7 Å². The molecular weight excluding hydrogens is 440 g/mol. The zero-order valence-electron chi connectivity index (χ0n) is 20.6. The van der Waals surface area contributed by atoms with Crippen LogP contribution in [-0.2, 0) is 27.4 Å². The van der Waals surface area contributed by atoms with E-state index >= 15 is 0 Å². The molecule has 0 aliphatic carbocycles. The summed E-state index contributed by atoms with van der Waals surface area (Å²) in [7, 11) is 0. The summed E-state index contributed by atoms with van der Waals surface area (Å²) in [6, 6.07) is 4.55. The average molecular weight is 479 g/mol. The zero-order valence-corrected chi connectivity index (χ0v) is 20.6. The van der Waals surface area contributed by atoms with Crippen LogP contribution >= 0.6 is 0 Å². The van der Waals surface area contributed by atoms with Crippen LogP contribution in [0.15, 0.2) is 24.3 Å². The van der Waals surface area contributed by atoms with Crippen LogP contribution < -0.4 is 21.7 Å². The van der Waals surface area contributed by atoms with Crippen molar-refractivity contribution in [2.75, 3.05) is 6.54 Å². The molecule has 4 amide bonds. The lowest BCUT2D eigenvalue weighted by molar-refractivity contribution is -0.129. The van der Waals surface area contributed by atoms with Gasteiger partial charge in [0.15, 0.2) is 5.78 Å². The standard InChI is InChI=1S/C24H38N4O6/c1-15(2)20(28-23(33)34-24(3,4)5)21(31)27-18(7-6-12-26-22(25)32)19(30)13-16-8-10-17(14-29)11-9-16/h8-11,15,18,20,29H,6-7,12-14H2,1-5H3,(H,27,31)(H,28,33)(H3,25,26,32)/t18?,20-/m0/s1. The van der Waals surface area contributed by atoms with Crippen LogP contribution in [0.1, 0.15) is 58.6 Å². The first-order chi connectivity index (χ1) is 15.8. The molecule has 190 valence electrons. The first kappa shape index (κ1) is 28.9. The molecule has 0 bridgehead atoms. The molecule has 34 heavy (non-hydrogen) atoms. The number of ketones is 1. The zero-order chi connectivity index (χ0) is 25.9. The fourth-order valence-electron chi connectivity index (χ4n) is 3.15. The molecule has 0 radical (unpaired) electrons. The van der Waals surface area contributed by atoms with E-state index in [1.54, 1.807) is 58.9 Å². The number of carbonyl (C=O) groups is 4. The maximum atomic E-state index is 13.0. The van der Waals surface area contributed by atoms with Crippen molar-refractivity contribution < 1.29 is 29.0 Å². The molecule has 0 fully saturated rings. The Bertz CT molecular complexity index is 833. The summed E-state index contributed by atoms with van der Waals surface area (Å²) in [4.78, 5) is 49.2. The number of ether oxygens (including phenoxy) is 1. The minimum atomic E-state index is -0.905. The predicted octanol–water partition coefficient (Wildman–Crippen LogP) is 1.77. The number of nitrogens with one attached hydrogen (secondary N) is 3. The van der Waals surface area contributed by atoms with Gasteiger partial charge in [-0.3, -0.25) is 9.59 Å². The van der Waals surface area contributed by atoms with Crippen molar-refractivity contribution in [2.24, 2.45) is 11.7 Å². The van der Waals surface area contributed by atoms with Crippen molar-refractivity contribution in [2.45, 2.75) is 78.2 Å². The van der Waals surface area contributed by atoms with Gasteiger partial charge in [-0.2, -0.15) is 0 Å². The van der Waals surface area contributed by atoms with Crippen molar-refractivity contribution in [1.82, 2.24) is 16.0 Å². The number of aliphatic hydroxyl groups excluding tert-OH is 1. The van der Waals surface area contributed by atoms with Crippen LogP contribution in [0.4, 0.5) is 9.59 Å². The molecule has 0 aliphatic heterocycles. The molecule has 10 nitrogen and oxygen atoms in total. The highest BCUT2D eigenvalue weighted by Crippen LogP contribution is 2.12. The maximum Gasteiger partial charge on any atom is 0.408 e. The Kier molecular flexibility index (Phi) is 11.5. The van der Waals surface area contributed by atoms with Gasteiger partial charge < -0.3 is 31.5 Å². The number of amides is 4. The van der Waals surface area contributed by atoms with E-state index in [1.807, 2.05) is 0 Å². The Hall–Kier alpha value is -3.14. The normalized spacial score (nSPS) is 13.0. The summed E-state index contributed by atoms with van der Waals surface area (Å²) in [6.45, 7) is 8.87. The maximum absolute atomic E-state index is 13.0. The van der Waals surface area contributed by atoms with Gasteiger partial charge in [-0.15, -0.1) is 0 Å². The van der Waals surface area contributed by atoms with Gasteiger partial charge in [0.1, 0.15) is 11.6 Å². The summed E-state index contributed by atoms with van der Waals surface area (Å²) in [5.74, 6) is -0.979. The largest absolute Gasteiger partial charge is 0.444 e. The molecule has 6 N–H and O–H groups in total. The van der Waals surface area contributed by atoms with Crippen molar-refractivity contribution in [3.05, 3.63) is 35.4 Å². The van der Waals surface area contributed by atoms with Crippen LogP contribution in [0.2, 0.25) is 0 Å². The van der Waals surface area contributed by atoms with Crippen molar-refractivity contribution >= 4 is 23.8 Å². The first-order valence-electron chi connectivity index (χ1n) is 11.4. The van der Waals surface area contributed by atoms with Crippen LogP contribution in [0.3, 0.4) is 0 Å². The fourth-order valence-corrected chi connectivity index (χ4v) is 3.15. The van der Waals surface area contributed by atoms with Crippen molar-refractivity contribution in [3.8, 4) is 0 Å². The van der Waals surface area contributed by atoms with Gasteiger partial charge in [-0.05, 0) is 50.7 Å². The number of carbonyl (C=O) groups excluding carboxylic acids is 4. The van der Waals surface area contributed by atoms with E-state index in [1.165, 1.54) is 0 Å². The highest BCUT2D eigenvalue weighted by Gasteiger charge is 2.30. The molecule has 1 unspecified atom stereocenters. The molecule has 1 rings (SSSR count). The molecule has 10 heteroatoms. The highest BCUT2D eigenvalue weighted by molar-refractivity contribution is 5.93. The average Bonchev–Trinajstić information content (AvgIpc) is 2.72. The van der Waals surface area contributed by atoms with E-state index in [0.29, 0.717) is 6.42 Å². The SMILES string of the molecule is CC(C)[C@H](NC(=O)OC(C)(C)C)C(=O)NC(CCCNC(N)=O)C(=O)Cc1ccc(CO)cc1. The first-order valence-corrected chi connectivity index (χ1v) is 11.4. The van der Waals surface area contributed by atoms with Crippen LogP contribution in [0.5, 0.6) is 0 Å². The number of hydrogen-bond acceptors (Lipinski definition) is 6. The lowest BCUT2D eigenvalue weighted by atomic mass is 9.97. The van der Waals surface area contributed by atoms with Gasteiger partial charge in [0.25, 0.3) is 0 Å². The minimum Gasteiger partial charge on any atom is -0.444 e. The Labute approximate surface area is 201 Å². The molecule has 2 atom stereocenters. The number of urea groups is 1. The Morgan fingerprint density at radius 3 is 2.12 bits per heavy atom. The minimum absolute atomic E-state index is 0.0751. The number of rotatable bonds is 12. The summed E-state index contributed by atoms with van der Waals surface area (Å²) in [5, 5.41) is 17.0. The second-order valence-electron chi connectivity index (χ2n) is 9.48. The molecule has 0 saturated heterocycles. The number of Topliss-reactive ketones (excluding diaryl/α,β-unsaturated/α-hetero) is 1. The van der Waals surface area contributed by atoms with Gasteiger partial charge >= 0.3 is 12.1 Å². The smallest absolute Gasteiger partial charge is 0.408 e. The third-order valence-corrected chi connectivity index (χ3v) is 4.88. The number of hydrogen-bond donors (Lipinski definition) is 5. The molecule has 1 aromatic carbocycles. The van der Waals surface area contributed by atoms with E-state index in [2.05, 4.69) is 16.0 Å². The number of benzene rings is 1. The number of aliphatic hydroxyl groups is 1. The molecule has 0 saturated carbocycles. The number of primary amides is 1. The summed E-state index contributed by atoms with van der Waals surface area (Å²) in [5.41, 5.74) is 5.83. The van der Waals surface area contributed by atoms with E-state index in [4.69, 9.17) is 10.5 Å². The van der Waals surface area contributed by atoms with Gasteiger partial charge in [0.2, 0.25) is 5.91 Å². The molecular formula is C24H38N4O6. The highest BCUT2D eigenvalue weighted by atomic mass is 16.6. The third kappa shape index (κ3) is 11.1. The van der Waals surface area contributed by atoms with Crippen LogP contribution in [0, 0.1) is 5.92 Å². The molecule has 0 heterocycles. The molecule has 0 aliphatic rings. The summed E-state index contributed by atoms with van der Waals surface area (Å²) < 4.78 is 5.25. The topological polar surface area (TPSA) is 160 Å². The summed E-state index contributed by atoms with van der Waals surface area (Å²) in [6.07, 6.45) is 0.0381. The second-order valence-corrected chi connectivity index (χ2v) is 9.48. The van der Waals surface area contributed by atoms with Gasteiger partial charge in [-0.25, -0.2) is 9.59 Å². The Morgan fingerprint density at radius 1 is 1.03 bits per heavy atom. The summed E-state index contributed by atoms with van der Waals surface area (Å²) >= 11 is 0. The number of nitrogens with two attached hydrogens (primary N) is 1. The van der Waals surface area contributed by atoms with Gasteiger partial charge in [-0.1, -0.05) is 38.1 Å². The fraction of sp³-hybridized carbons (Fsp3) is 0.583.